The molecule has 1 atom stereocenters. The molecular formula is C14H23FN2. The fourth-order valence-electron chi connectivity index (χ4n) is 2.05. The Hall–Kier alpha value is -0.930. The lowest BCUT2D eigenvalue weighted by Gasteiger charge is -2.22. The predicted molar refractivity (Wildman–Crippen MR) is 70.6 cm³/mol. The molecule has 1 rings (SSSR count). The summed E-state index contributed by atoms with van der Waals surface area (Å²) in [5.41, 5.74) is 1.03. The third-order valence-corrected chi connectivity index (χ3v) is 3.23. The van der Waals surface area contributed by atoms with Gasteiger partial charge in [-0.3, -0.25) is 0 Å². The number of rotatable bonds is 7. The molecule has 0 fully saturated rings. The van der Waals surface area contributed by atoms with E-state index in [4.69, 9.17) is 0 Å². The van der Waals surface area contributed by atoms with E-state index in [9.17, 15) is 4.39 Å². The summed E-state index contributed by atoms with van der Waals surface area (Å²) in [5.74, 6) is -0.161. The fourth-order valence-corrected chi connectivity index (χ4v) is 2.05. The van der Waals surface area contributed by atoms with Gasteiger partial charge >= 0.3 is 0 Å². The molecule has 1 unspecified atom stereocenters. The summed E-state index contributed by atoms with van der Waals surface area (Å²) in [6.45, 7) is 7.50. The molecule has 96 valence electrons. The van der Waals surface area contributed by atoms with E-state index in [2.05, 4.69) is 24.1 Å². The van der Waals surface area contributed by atoms with Gasteiger partial charge in [0.05, 0.1) is 0 Å². The number of nitrogens with zero attached hydrogens (tertiary/aromatic N) is 1. The van der Waals surface area contributed by atoms with Crippen LogP contribution in [0.15, 0.2) is 24.3 Å². The molecule has 0 radical (unpaired) electrons. The van der Waals surface area contributed by atoms with E-state index < -0.39 is 0 Å². The van der Waals surface area contributed by atoms with E-state index >= 15 is 0 Å². The van der Waals surface area contributed by atoms with Gasteiger partial charge in [-0.25, -0.2) is 4.39 Å². The smallest absolute Gasteiger partial charge is 0.123 e. The van der Waals surface area contributed by atoms with Crippen LogP contribution < -0.4 is 5.32 Å². The average Bonchev–Trinajstić information content (AvgIpc) is 2.35. The summed E-state index contributed by atoms with van der Waals surface area (Å²) >= 11 is 0. The zero-order valence-corrected chi connectivity index (χ0v) is 11.0. The summed E-state index contributed by atoms with van der Waals surface area (Å²) in [6, 6.07) is 7.08. The second kappa shape index (κ2) is 7.41. The van der Waals surface area contributed by atoms with Gasteiger partial charge < -0.3 is 10.2 Å². The van der Waals surface area contributed by atoms with Gasteiger partial charge in [0.25, 0.3) is 0 Å². The van der Waals surface area contributed by atoms with E-state index in [0.717, 1.165) is 31.6 Å². The third-order valence-electron chi connectivity index (χ3n) is 3.23. The van der Waals surface area contributed by atoms with E-state index in [1.807, 2.05) is 13.1 Å². The van der Waals surface area contributed by atoms with Crippen molar-refractivity contribution < 1.29 is 4.39 Å². The maximum atomic E-state index is 13.2. The van der Waals surface area contributed by atoms with Gasteiger partial charge in [-0.15, -0.1) is 0 Å². The Bertz CT molecular complexity index is 324. The standard InChI is InChI=1S/C14H23FN2/c1-4-17(5-2)10-9-14(16-3)12-7-6-8-13(15)11-12/h6-8,11,14,16H,4-5,9-10H2,1-3H3. The van der Waals surface area contributed by atoms with Crippen LogP contribution in [0.2, 0.25) is 0 Å². The first kappa shape index (κ1) is 14.1. The Balaban J connectivity index is 2.59. The molecule has 0 spiro atoms. The molecule has 0 aromatic heterocycles. The first-order valence-corrected chi connectivity index (χ1v) is 6.36. The number of hydrogen-bond acceptors (Lipinski definition) is 2. The minimum Gasteiger partial charge on any atom is -0.313 e. The molecule has 0 amide bonds. The second-order valence-electron chi connectivity index (χ2n) is 4.21. The second-order valence-corrected chi connectivity index (χ2v) is 4.21. The van der Waals surface area contributed by atoms with Crippen LogP contribution in [-0.4, -0.2) is 31.6 Å². The summed E-state index contributed by atoms with van der Waals surface area (Å²) in [4.78, 5) is 2.38. The topological polar surface area (TPSA) is 15.3 Å². The highest BCUT2D eigenvalue weighted by Crippen LogP contribution is 2.17. The molecule has 1 N–H and O–H groups in total. The lowest BCUT2D eigenvalue weighted by Crippen LogP contribution is -2.28. The molecule has 0 aliphatic rings. The normalized spacial score (nSPS) is 13.0. The monoisotopic (exact) mass is 238 g/mol. The minimum atomic E-state index is -0.161. The maximum absolute atomic E-state index is 13.2. The van der Waals surface area contributed by atoms with Gasteiger partial charge in [-0.05, 0) is 50.8 Å². The number of nitrogens with one attached hydrogen (secondary N) is 1. The number of halogens is 1. The summed E-state index contributed by atoms with van der Waals surface area (Å²) in [7, 11) is 1.93. The van der Waals surface area contributed by atoms with Crippen molar-refractivity contribution in [3.63, 3.8) is 0 Å². The number of benzene rings is 1. The highest BCUT2D eigenvalue weighted by atomic mass is 19.1. The first-order valence-electron chi connectivity index (χ1n) is 6.36. The number of hydrogen-bond donors (Lipinski definition) is 1. The van der Waals surface area contributed by atoms with Gasteiger partial charge in [-0.1, -0.05) is 26.0 Å². The van der Waals surface area contributed by atoms with Crippen molar-refractivity contribution in [3.8, 4) is 0 Å². The van der Waals surface area contributed by atoms with Crippen LogP contribution in [0.1, 0.15) is 31.9 Å². The van der Waals surface area contributed by atoms with Crippen molar-refractivity contribution in [2.45, 2.75) is 26.3 Å². The molecule has 2 nitrogen and oxygen atoms in total. The van der Waals surface area contributed by atoms with Crippen LogP contribution in [0.25, 0.3) is 0 Å². The Morgan fingerprint density at radius 2 is 2.00 bits per heavy atom. The molecule has 0 aliphatic heterocycles. The largest absolute Gasteiger partial charge is 0.313 e. The van der Waals surface area contributed by atoms with Crippen molar-refractivity contribution >= 4 is 0 Å². The van der Waals surface area contributed by atoms with Crippen LogP contribution >= 0.6 is 0 Å². The predicted octanol–water partition coefficient (Wildman–Crippen LogP) is 2.82. The zero-order chi connectivity index (χ0) is 12.7. The quantitative estimate of drug-likeness (QED) is 0.786. The van der Waals surface area contributed by atoms with Gasteiger partial charge in [0.15, 0.2) is 0 Å². The average molecular weight is 238 g/mol. The molecule has 0 heterocycles. The molecule has 0 aliphatic carbocycles. The molecule has 0 saturated heterocycles. The van der Waals surface area contributed by atoms with Crippen molar-refractivity contribution in [3.05, 3.63) is 35.6 Å². The molecular weight excluding hydrogens is 215 g/mol. The lowest BCUT2D eigenvalue weighted by molar-refractivity contribution is 0.284. The lowest BCUT2D eigenvalue weighted by atomic mass is 10.0. The zero-order valence-electron chi connectivity index (χ0n) is 11.0. The highest BCUT2D eigenvalue weighted by molar-refractivity contribution is 5.20. The van der Waals surface area contributed by atoms with Crippen molar-refractivity contribution in [2.75, 3.05) is 26.7 Å². The SMILES string of the molecule is CCN(CC)CCC(NC)c1cccc(F)c1. The van der Waals surface area contributed by atoms with Gasteiger partial charge in [0.1, 0.15) is 5.82 Å². The van der Waals surface area contributed by atoms with Gasteiger partial charge in [0, 0.05) is 6.04 Å². The molecule has 17 heavy (non-hydrogen) atoms. The van der Waals surface area contributed by atoms with Crippen molar-refractivity contribution in [1.82, 2.24) is 10.2 Å². The van der Waals surface area contributed by atoms with Crippen LogP contribution in [0.3, 0.4) is 0 Å². The van der Waals surface area contributed by atoms with Crippen LogP contribution in [-0.2, 0) is 0 Å². The molecule has 0 saturated carbocycles. The summed E-state index contributed by atoms with van der Waals surface area (Å²) < 4.78 is 13.2. The molecule has 3 heteroatoms. The fraction of sp³-hybridized carbons (Fsp3) is 0.571. The molecule has 1 aromatic carbocycles. The Kier molecular flexibility index (Phi) is 6.16. The maximum Gasteiger partial charge on any atom is 0.123 e. The van der Waals surface area contributed by atoms with E-state index in [0.29, 0.717) is 0 Å². The highest BCUT2D eigenvalue weighted by Gasteiger charge is 2.11. The van der Waals surface area contributed by atoms with Gasteiger partial charge in [0.2, 0.25) is 0 Å². The Morgan fingerprint density at radius 1 is 1.29 bits per heavy atom. The van der Waals surface area contributed by atoms with Crippen LogP contribution in [0, 0.1) is 5.82 Å². The minimum absolute atomic E-state index is 0.161. The van der Waals surface area contributed by atoms with Crippen molar-refractivity contribution in [2.24, 2.45) is 0 Å². The first-order chi connectivity index (χ1) is 8.21. The third kappa shape index (κ3) is 4.44. The van der Waals surface area contributed by atoms with Gasteiger partial charge in [-0.2, -0.15) is 0 Å². The van der Waals surface area contributed by atoms with E-state index in [-0.39, 0.29) is 11.9 Å². The summed E-state index contributed by atoms with van der Waals surface area (Å²) in [6.07, 6.45) is 1.00. The molecule has 0 bridgehead atoms. The van der Waals surface area contributed by atoms with E-state index in [1.165, 1.54) is 6.07 Å². The Labute approximate surface area is 104 Å². The van der Waals surface area contributed by atoms with Crippen LogP contribution in [0.4, 0.5) is 4.39 Å². The Morgan fingerprint density at radius 3 is 2.53 bits per heavy atom. The molecule has 1 aromatic rings. The summed E-state index contributed by atoms with van der Waals surface area (Å²) in [5, 5.41) is 3.26. The van der Waals surface area contributed by atoms with Crippen molar-refractivity contribution in [1.29, 1.82) is 0 Å². The van der Waals surface area contributed by atoms with Crippen LogP contribution in [0.5, 0.6) is 0 Å². The van der Waals surface area contributed by atoms with E-state index in [1.54, 1.807) is 12.1 Å².